The molecule has 0 saturated carbocycles. The standard InChI is InChI=1S/C12H15NOS/c1-9-3-4-10(2)11(7-9)12(14)13-5-6-15-8-13/h3-4,7H,5-6,8H2,1-2H3. The summed E-state index contributed by atoms with van der Waals surface area (Å²) in [4.78, 5) is 14.1. The Labute approximate surface area is 94.7 Å². The van der Waals surface area contributed by atoms with Crippen LogP contribution < -0.4 is 0 Å². The van der Waals surface area contributed by atoms with Crippen molar-refractivity contribution >= 4 is 17.7 Å². The van der Waals surface area contributed by atoms with Gasteiger partial charge in [0.2, 0.25) is 0 Å². The third kappa shape index (κ3) is 2.17. The topological polar surface area (TPSA) is 20.3 Å². The molecule has 0 aromatic heterocycles. The van der Waals surface area contributed by atoms with Crippen molar-refractivity contribution in [2.24, 2.45) is 0 Å². The molecule has 1 aliphatic rings. The average molecular weight is 221 g/mol. The fourth-order valence-electron chi connectivity index (χ4n) is 1.71. The molecular weight excluding hydrogens is 206 g/mol. The molecule has 1 saturated heterocycles. The molecule has 2 nitrogen and oxygen atoms in total. The first-order valence-corrected chi connectivity index (χ1v) is 6.28. The van der Waals surface area contributed by atoms with Crippen molar-refractivity contribution in [1.82, 2.24) is 4.90 Å². The molecule has 0 spiro atoms. The third-order valence-corrected chi connectivity index (χ3v) is 3.63. The van der Waals surface area contributed by atoms with Crippen LogP contribution >= 0.6 is 11.8 Å². The lowest BCUT2D eigenvalue weighted by atomic mass is 10.0. The smallest absolute Gasteiger partial charge is 0.254 e. The van der Waals surface area contributed by atoms with Gasteiger partial charge in [0, 0.05) is 17.9 Å². The van der Waals surface area contributed by atoms with E-state index < -0.39 is 0 Å². The molecule has 0 aliphatic carbocycles. The van der Waals surface area contributed by atoms with E-state index in [0.717, 1.165) is 34.9 Å². The molecule has 3 heteroatoms. The summed E-state index contributed by atoms with van der Waals surface area (Å²) in [6, 6.07) is 6.05. The minimum absolute atomic E-state index is 0.182. The number of benzene rings is 1. The molecule has 1 amide bonds. The Morgan fingerprint density at radius 3 is 2.87 bits per heavy atom. The number of carbonyl (C=O) groups is 1. The first kappa shape index (κ1) is 10.6. The second-order valence-electron chi connectivity index (χ2n) is 3.92. The minimum atomic E-state index is 0.182. The Morgan fingerprint density at radius 1 is 1.40 bits per heavy atom. The van der Waals surface area contributed by atoms with Gasteiger partial charge in [0.1, 0.15) is 0 Å². The van der Waals surface area contributed by atoms with Gasteiger partial charge in [-0.25, -0.2) is 0 Å². The molecule has 0 N–H and O–H groups in total. The number of amides is 1. The molecule has 15 heavy (non-hydrogen) atoms. The highest BCUT2D eigenvalue weighted by Gasteiger charge is 2.20. The number of nitrogens with zero attached hydrogens (tertiary/aromatic N) is 1. The molecule has 1 heterocycles. The lowest BCUT2D eigenvalue weighted by molar-refractivity contribution is 0.0802. The van der Waals surface area contributed by atoms with E-state index in [1.807, 2.05) is 48.7 Å². The van der Waals surface area contributed by atoms with Crippen molar-refractivity contribution in [3.63, 3.8) is 0 Å². The maximum absolute atomic E-state index is 12.1. The fraction of sp³-hybridized carbons (Fsp3) is 0.417. The second-order valence-corrected chi connectivity index (χ2v) is 5.00. The van der Waals surface area contributed by atoms with Gasteiger partial charge < -0.3 is 4.90 Å². The van der Waals surface area contributed by atoms with Crippen LogP contribution in [-0.2, 0) is 0 Å². The summed E-state index contributed by atoms with van der Waals surface area (Å²) in [6.45, 7) is 4.90. The number of carbonyl (C=O) groups excluding carboxylic acids is 1. The Kier molecular flexibility index (Phi) is 3.00. The van der Waals surface area contributed by atoms with Gasteiger partial charge >= 0.3 is 0 Å². The van der Waals surface area contributed by atoms with E-state index in [-0.39, 0.29) is 5.91 Å². The SMILES string of the molecule is Cc1ccc(C)c(C(=O)N2CCSC2)c1. The number of aryl methyl sites for hydroxylation is 2. The number of hydrogen-bond acceptors (Lipinski definition) is 2. The van der Waals surface area contributed by atoms with Gasteiger partial charge in [0.25, 0.3) is 5.91 Å². The van der Waals surface area contributed by atoms with Crippen molar-refractivity contribution in [2.45, 2.75) is 13.8 Å². The van der Waals surface area contributed by atoms with Crippen LogP contribution in [-0.4, -0.2) is 29.0 Å². The van der Waals surface area contributed by atoms with Crippen LogP contribution in [0.25, 0.3) is 0 Å². The van der Waals surface area contributed by atoms with Crippen molar-refractivity contribution in [2.75, 3.05) is 18.2 Å². The van der Waals surface area contributed by atoms with Crippen LogP contribution in [0.4, 0.5) is 0 Å². The van der Waals surface area contributed by atoms with Gasteiger partial charge in [-0.3, -0.25) is 4.79 Å². The first-order chi connectivity index (χ1) is 7.18. The number of hydrogen-bond donors (Lipinski definition) is 0. The molecule has 0 atom stereocenters. The van der Waals surface area contributed by atoms with Crippen LogP contribution in [0.3, 0.4) is 0 Å². The molecule has 0 unspecified atom stereocenters. The minimum Gasteiger partial charge on any atom is -0.329 e. The molecule has 80 valence electrons. The summed E-state index contributed by atoms with van der Waals surface area (Å²) in [5.74, 6) is 2.09. The summed E-state index contributed by atoms with van der Waals surface area (Å²) < 4.78 is 0. The average Bonchev–Trinajstić information content (AvgIpc) is 2.74. The van der Waals surface area contributed by atoms with Gasteiger partial charge in [-0.05, 0) is 25.5 Å². The maximum atomic E-state index is 12.1. The van der Waals surface area contributed by atoms with Crippen molar-refractivity contribution in [1.29, 1.82) is 0 Å². The number of rotatable bonds is 1. The van der Waals surface area contributed by atoms with E-state index in [1.54, 1.807) is 0 Å². The molecule has 2 rings (SSSR count). The van der Waals surface area contributed by atoms with Crippen LogP contribution in [0.1, 0.15) is 21.5 Å². The second kappa shape index (κ2) is 4.27. The quantitative estimate of drug-likeness (QED) is 0.726. The normalized spacial score (nSPS) is 15.7. The highest BCUT2D eigenvalue weighted by atomic mass is 32.2. The molecule has 1 aliphatic heterocycles. The maximum Gasteiger partial charge on any atom is 0.254 e. The zero-order valence-electron chi connectivity index (χ0n) is 9.12. The van der Waals surface area contributed by atoms with Gasteiger partial charge in [-0.1, -0.05) is 17.7 Å². The van der Waals surface area contributed by atoms with E-state index in [1.165, 1.54) is 0 Å². The summed E-state index contributed by atoms with van der Waals surface area (Å²) in [5, 5.41) is 0. The molecular formula is C12H15NOS. The Bertz CT molecular complexity index is 383. The first-order valence-electron chi connectivity index (χ1n) is 5.13. The van der Waals surface area contributed by atoms with Crippen molar-refractivity contribution < 1.29 is 4.79 Å². The van der Waals surface area contributed by atoms with E-state index in [2.05, 4.69) is 0 Å². The van der Waals surface area contributed by atoms with Gasteiger partial charge in [0.15, 0.2) is 0 Å². The van der Waals surface area contributed by atoms with Gasteiger partial charge in [0.05, 0.1) is 5.88 Å². The Hall–Kier alpha value is -0.960. The third-order valence-electron chi connectivity index (χ3n) is 2.66. The predicted octanol–water partition coefficient (Wildman–Crippen LogP) is 2.45. The van der Waals surface area contributed by atoms with Crippen LogP contribution in [0, 0.1) is 13.8 Å². The van der Waals surface area contributed by atoms with E-state index in [0.29, 0.717) is 0 Å². The largest absolute Gasteiger partial charge is 0.329 e. The summed E-state index contributed by atoms with van der Waals surface area (Å²) >= 11 is 1.82. The zero-order chi connectivity index (χ0) is 10.8. The zero-order valence-corrected chi connectivity index (χ0v) is 9.93. The van der Waals surface area contributed by atoms with Crippen LogP contribution in [0.15, 0.2) is 18.2 Å². The molecule has 0 radical (unpaired) electrons. The van der Waals surface area contributed by atoms with Gasteiger partial charge in [-0.2, -0.15) is 0 Å². The molecule has 1 aromatic carbocycles. The molecule has 0 bridgehead atoms. The van der Waals surface area contributed by atoms with Crippen LogP contribution in [0.5, 0.6) is 0 Å². The van der Waals surface area contributed by atoms with E-state index >= 15 is 0 Å². The highest BCUT2D eigenvalue weighted by molar-refractivity contribution is 7.99. The van der Waals surface area contributed by atoms with E-state index in [4.69, 9.17) is 0 Å². The van der Waals surface area contributed by atoms with E-state index in [9.17, 15) is 4.79 Å². The molecule has 1 fully saturated rings. The lowest BCUT2D eigenvalue weighted by Gasteiger charge is -2.16. The van der Waals surface area contributed by atoms with Gasteiger partial charge in [-0.15, -0.1) is 11.8 Å². The summed E-state index contributed by atoms with van der Waals surface area (Å²) in [7, 11) is 0. The predicted molar refractivity (Wildman–Crippen MR) is 64.3 cm³/mol. The monoisotopic (exact) mass is 221 g/mol. The fourth-order valence-corrected chi connectivity index (χ4v) is 2.66. The Morgan fingerprint density at radius 2 is 2.20 bits per heavy atom. The summed E-state index contributed by atoms with van der Waals surface area (Å²) in [5.41, 5.74) is 3.08. The Balaban J connectivity index is 2.27. The summed E-state index contributed by atoms with van der Waals surface area (Å²) in [6.07, 6.45) is 0. The van der Waals surface area contributed by atoms with Crippen molar-refractivity contribution in [3.05, 3.63) is 34.9 Å². The highest BCUT2D eigenvalue weighted by Crippen LogP contribution is 2.19. The van der Waals surface area contributed by atoms with Crippen molar-refractivity contribution in [3.8, 4) is 0 Å². The van der Waals surface area contributed by atoms with Crippen LogP contribution in [0.2, 0.25) is 0 Å². The molecule has 1 aromatic rings. The lowest BCUT2D eigenvalue weighted by Crippen LogP contribution is -2.28. The number of thioether (sulfide) groups is 1.